The van der Waals surface area contributed by atoms with E-state index in [1.807, 2.05) is 0 Å². The standard InChI is InChI=1S/C19H28N4/c1-15-18(21-14-20-15)13-23-11-5-4-6-19(23)17-9-7-16(8-10-17)12-22(2)3/h7-10,14,19H,4-6,11-13H2,1-3H3,(H,20,21). The lowest BCUT2D eigenvalue weighted by atomic mass is 9.94. The Bertz CT molecular complexity index is 615. The summed E-state index contributed by atoms with van der Waals surface area (Å²) in [6, 6.07) is 9.72. The summed E-state index contributed by atoms with van der Waals surface area (Å²) in [5.41, 5.74) is 5.20. The van der Waals surface area contributed by atoms with Crippen LogP contribution in [-0.4, -0.2) is 40.4 Å². The summed E-state index contributed by atoms with van der Waals surface area (Å²) in [5.74, 6) is 0. The van der Waals surface area contributed by atoms with Gasteiger partial charge in [-0.2, -0.15) is 0 Å². The van der Waals surface area contributed by atoms with Crippen molar-refractivity contribution in [3.8, 4) is 0 Å². The first-order valence-corrected chi connectivity index (χ1v) is 8.60. The maximum atomic E-state index is 4.48. The normalized spacial score (nSPS) is 19.4. The topological polar surface area (TPSA) is 35.2 Å². The molecule has 0 amide bonds. The third-order valence-electron chi connectivity index (χ3n) is 4.76. The quantitative estimate of drug-likeness (QED) is 0.917. The minimum Gasteiger partial charge on any atom is -0.348 e. The van der Waals surface area contributed by atoms with E-state index in [2.05, 4.69) is 65.1 Å². The minimum atomic E-state index is 0.522. The van der Waals surface area contributed by atoms with Gasteiger partial charge in [0.1, 0.15) is 0 Å². The Morgan fingerprint density at radius 3 is 2.65 bits per heavy atom. The van der Waals surface area contributed by atoms with Crippen molar-refractivity contribution in [1.82, 2.24) is 19.8 Å². The van der Waals surface area contributed by atoms with Gasteiger partial charge in [0.2, 0.25) is 0 Å². The molecular weight excluding hydrogens is 284 g/mol. The minimum absolute atomic E-state index is 0.522. The zero-order chi connectivity index (χ0) is 16.2. The van der Waals surface area contributed by atoms with E-state index in [0.29, 0.717) is 6.04 Å². The highest BCUT2D eigenvalue weighted by Gasteiger charge is 2.24. The number of H-pyrrole nitrogens is 1. The number of nitrogens with one attached hydrogen (secondary N) is 1. The Labute approximate surface area is 139 Å². The van der Waals surface area contributed by atoms with Crippen LogP contribution in [0.4, 0.5) is 0 Å². The summed E-state index contributed by atoms with van der Waals surface area (Å²) >= 11 is 0. The third kappa shape index (κ3) is 4.01. The van der Waals surface area contributed by atoms with E-state index in [9.17, 15) is 0 Å². The van der Waals surface area contributed by atoms with Gasteiger partial charge in [-0.15, -0.1) is 0 Å². The van der Waals surface area contributed by atoms with Crippen LogP contribution in [0.2, 0.25) is 0 Å². The molecule has 4 nitrogen and oxygen atoms in total. The number of nitrogens with zero attached hydrogens (tertiary/aromatic N) is 3. The van der Waals surface area contributed by atoms with Crippen molar-refractivity contribution in [1.29, 1.82) is 0 Å². The average Bonchev–Trinajstić information content (AvgIpc) is 2.93. The number of hydrogen-bond acceptors (Lipinski definition) is 3. The monoisotopic (exact) mass is 312 g/mol. The lowest BCUT2D eigenvalue weighted by molar-refractivity contribution is 0.138. The summed E-state index contributed by atoms with van der Waals surface area (Å²) in [6.45, 7) is 5.22. The summed E-state index contributed by atoms with van der Waals surface area (Å²) in [7, 11) is 4.23. The molecule has 1 saturated heterocycles. The third-order valence-corrected chi connectivity index (χ3v) is 4.76. The smallest absolute Gasteiger partial charge is 0.0925 e. The largest absolute Gasteiger partial charge is 0.348 e. The van der Waals surface area contributed by atoms with Crippen molar-refractivity contribution < 1.29 is 0 Å². The molecule has 0 aliphatic carbocycles. The van der Waals surface area contributed by atoms with Crippen molar-refractivity contribution in [2.45, 2.75) is 45.3 Å². The fourth-order valence-electron chi connectivity index (χ4n) is 3.51. The highest BCUT2D eigenvalue weighted by Crippen LogP contribution is 2.32. The summed E-state index contributed by atoms with van der Waals surface area (Å²) in [5, 5.41) is 0. The molecule has 3 rings (SSSR count). The van der Waals surface area contributed by atoms with Crippen LogP contribution in [0.15, 0.2) is 30.6 Å². The first-order valence-electron chi connectivity index (χ1n) is 8.60. The number of piperidine rings is 1. The SMILES string of the molecule is Cc1[nH]cnc1CN1CCCCC1c1ccc(CN(C)C)cc1. The van der Waals surface area contributed by atoms with E-state index in [0.717, 1.165) is 19.6 Å². The fourth-order valence-corrected chi connectivity index (χ4v) is 3.51. The maximum absolute atomic E-state index is 4.48. The molecule has 0 bridgehead atoms. The Hall–Kier alpha value is -1.65. The van der Waals surface area contributed by atoms with Crippen molar-refractivity contribution in [3.05, 3.63) is 53.1 Å². The zero-order valence-corrected chi connectivity index (χ0v) is 14.5. The van der Waals surface area contributed by atoms with Crippen LogP contribution in [0, 0.1) is 6.92 Å². The van der Waals surface area contributed by atoms with E-state index in [-0.39, 0.29) is 0 Å². The van der Waals surface area contributed by atoms with Gasteiger partial charge in [-0.05, 0) is 51.5 Å². The maximum Gasteiger partial charge on any atom is 0.0925 e. The number of aromatic amines is 1. The van der Waals surface area contributed by atoms with Crippen molar-refractivity contribution in [2.24, 2.45) is 0 Å². The van der Waals surface area contributed by atoms with Gasteiger partial charge in [0.15, 0.2) is 0 Å². The molecule has 1 fully saturated rings. The van der Waals surface area contributed by atoms with E-state index >= 15 is 0 Å². The number of hydrogen-bond donors (Lipinski definition) is 1. The van der Waals surface area contributed by atoms with E-state index in [4.69, 9.17) is 0 Å². The summed E-state index contributed by atoms with van der Waals surface area (Å²) < 4.78 is 0. The first kappa shape index (κ1) is 16.2. The van der Waals surface area contributed by atoms with Crippen LogP contribution in [0.1, 0.15) is 47.8 Å². The molecule has 1 atom stereocenters. The van der Waals surface area contributed by atoms with Crippen LogP contribution in [0.3, 0.4) is 0 Å². The van der Waals surface area contributed by atoms with Crippen LogP contribution in [0.25, 0.3) is 0 Å². The first-order chi connectivity index (χ1) is 11.1. The Morgan fingerprint density at radius 2 is 2.00 bits per heavy atom. The van der Waals surface area contributed by atoms with E-state index in [1.54, 1.807) is 6.33 Å². The zero-order valence-electron chi connectivity index (χ0n) is 14.5. The van der Waals surface area contributed by atoms with Gasteiger partial charge in [0.05, 0.1) is 12.0 Å². The molecule has 4 heteroatoms. The second kappa shape index (κ2) is 7.28. The molecule has 124 valence electrons. The molecule has 2 heterocycles. The van der Waals surface area contributed by atoms with E-state index in [1.165, 1.54) is 41.8 Å². The van der Waals surface area contributed by atoms with Crippen LogP contribution in [-0.2, 0) is 13.1 Å². The van der Waals surface area contributed by atoms with E-state index < -0.39 is 0 Å². The lowest BCUT2D eigenvalue weighted by Gasteiger charge is -2.36. The predicted octanol–water partition coefficient (Wildman–Crippen LogP) is 3.51. The van der Waals surface area contributed by atoms with Gasteiger partial charge < -0.3 is 9.88 Å². The fraction of sp³-hybridized carbons (Fsp3) is 0.526. The molecule has 1 aromatic heterocycles. The Kier molecular flexibility index (Phi) is 5.13. The second-order valence-corrected chi connectivity index (χ2v) is 6.94. The number of benzene rings is 1. The summed E-state index contributed by atoms with van der Waals surface area (Å²) in [4.78, 5) is 12.5. The summed E-state index contributed by atoms with van der Waals surface area (Å²) in [6.07, 6.45) is 5.66. The molecule has 23 heavy (non-hydrogen) atoms. The molecule has 1 N–H and O–H groups in total. The van der Waals surface area contributed by atoms with Crippen molar-refractivity contribution in [3.63, 3.8) is 0 Å². The lowest BCUT2D eigenvalue weighted by Crippen LogP contribution is -2.33. The molecule has 0 spiro atoms. The van der Waals surface area contributed by atoms with Crippen LogP contribution >= 0.6 is 0 Å². The Balaban J connectivity index is 1.74. The molecule has 2 aromatic rings. The molecular formula is C19H28N4. The van der Waals surface area contributed by atoms with Gasteiger partial charge in [-0.1, -0.05) is 30.7 Å². The van der Waals surface area contributed by atoms with Crippen molar-refractivity contribution in [2.75, 3.05) is 20.6 Å². The van der Waals surface area contributed by atoms with Crippen LogP contribution in [0.5, 0.6) is 0 Å². The number of rotatable bonds is 5. The molecule has 1 aliphatic rings. The number of aryl methyl sites for hydroxylation is 1. The number of imidazole rings is 1. The highest BCUT2D eigenvalue weighted by molar-refractivity contribution is 5.26. The highest BCUT2D eigenvalue weighted by atomic mass is 15.2. The van der Waals surface area contributed by atoms with Gasteiger partial charge in [0.25, 0.3) is 0 Å². The Morgan fingerprint density at radius 1 is 1.22 bits per heavy atom. The predicted molar refractivity (Wildman–Crippen MR) is 94.2 cm³/mol. The second-order valence-electron chi connectivity index (χ2n) is 6.94. The van der Waals surface area contributed by atoms with Gasteiger partial charge in [-0.3, -0.25) is 4.90 Å². The van der Waals surface area contributed by atoms with Crippen molar-refractivity contribution >= 4 is 0 Å². The number of likely N-dealkylation sites (tertiary alicyclic amines) is 1. The molecule has 0 saturated carbocycles. The van der Waals surface area contributed by atoms with Gasteiger partial charge in [0, 0.05) is 24.8 Å². The van der Waals surface area contributed by atoms with Gasteiger partial charge >= 0.3 is 0 Å². The average molecular weight is 312 g/mol. The molecule has 0 radical (unpaired) electrons. The van der Waals surface area contributed by atoms with Gasteiger partial charge in [-0.25, -0.2) is 4.98 Å². The molecule has 1 aromatic carbocycles. The number of aromatic nitrogens is 2. The molecule has 1 aliphatic heterocycles. The molecule has 1 unspecified atom stereocenters. The van der Waals surface area contributed by atoms with Crippen LogP contribution < -0.4 is 0 Å².